The molecule has 1 saturated heterocycles. The summed E-state index contributed by atoms with van der Waals surface area (Å²) < 4.78 is 23.8. The first-order valence-electron chi connectivity index (χ1n) is 13.8. The summed E-state index contributed by atoms with van der Waals surface area (Å²) in [5.41, 5.74) is -2.73. The number of methoxy groups -OCH3 is 1. The van der Waals surface area contributed by atoms with Crippen LogP contribution in [0.5, 0.6) is 0 Å². The van der Waals surface area contributed by atoms with Crippen molar-refractivity contribution in [3.63, 3.8) is 0 Å². The average molecular weight is 575 g/mol. The molecule has 5 rings (SSSR count). The zero-order valence-electron chi connectivity index (χ0n) is 22.8. The molecule has 8 atom stereocenters. The highest BCUT2D eigenvalue weighted by Crippen LogP contribution is 2.53. The molecule has 0 radical (unpaired) electrons. The Labute approximate surface area is 236 Å². The van der Waals surface area contributed by atoms with Crippen molar-refractivity contribution < 1.29 is 54.1 Å². The van der Waals surface area contributed by atoms with Gasteiger partial charge in [-0.15, -0.1) is 6.58 Å². The van der Waals surface area contributed by atoms with Crippen molar-refractivity contribution >= 4 is 23.3 Å². The summed E-state index contributed by atoms with van der Waals surface area (Å²) in [6, 6.07) is 1.80. The van der Waals surface area contributed by atoms with Crippen LogP contribution in [-0.4, -0.2) is 93.6 Å². The molecule has 0 aromatic carbocycles. The van der Waals surface area contributed by atoms with Gasteiger partial charge in [-0.2, -0.15) is 6.20 Å². The summed E-state index contributed by atoms with van der Waals surface area (Å²) in [6.45, 7) is 3.18. The second-order valence-corrected chi connectivity index (χ2v) is 10.9. The van der Waals surface area contributed by atoms with Crippen LogP contribution in [0.1, 0.15) is 38.5 Å². The number of carboxylic acid groups (broad SMARTS) is 1. The van der Waals surface area contributed by atoms with Crippen LogP contribution < -0.4 is 15.6 Å². The Balaban J connectivity index is 1.50. The zero-order valence-corrected chi connectivity index (χ0v) is 22.8. The van der Waals surface area contributed by atoms with Gasteiger partial charge in [0.15, 0.2) is 11.9 Å². The van der Waals surface area contributed by atoms with Gasteiger partial charge in [-0.05, 0) is 36.5 Å². The predicted octanol–water partition coefficient (Wildman–Crippen LogP) is -1.17. The second-order valence-electron chi connectivity index (χ2n) is 10.9. The van der Waals surface area contributed by atoms with Gasteiger partial charge < -0.3 is 49.5 Å². The lowest BCUT2D eigenvalue weighted by atomic mass is 9.63. The van der Waals surface area contributed by atoms with Crippen LogP contribution in [0.25, 0.3) is 11.3 Å². The SMILES string of the molecule is C=C[C@@H]1[C@H](CC(=O)O)C(C(=O)OC)=CC[C@H]1O[C@@H]1O[C@H](CO)[C@]23OC(CCCO)=c4[n-]ccc4=C2CC[C@@]1(O)[C@H]3O. The van der Waals surface area contributed by atoms with Crippen LogP contribution >= 0.6 is 0 Å². The molecule has 1 aromatic rings. The first-order chi connectivity index (χ1) is 19.7. The number of esters is 1. The number of nitrogens with zero attached hydrogens (tertiary/aromatic N) is 1. The van der Waals surface area contributed by atoms with Crippen LogP contribution in [0.2, 0.25) is 0 Å². The predicted molar refractivity (Wildman–Crippen MR) is 141 cm³/mol. The number of hydrogen-bond acceptors (Lipinski definition) is 10. The quantitative estimate of drug-likeness (QED) is 0.167. The third-order valence-electron chi connectivity index (χ3n) is 8.86. The first-order valence-corrected chi connectivity index (χ1v) is 13.8. The molecule has 12 heteroatoms. The molecule has 2 aliphatic carbocycles. The van der Waals surface area contributed by atoms with Gasteiger partial charge in [0, 0.05) is 30.4 Å². The van der Waals surface area contributed by atoms with Gasteiger partial charge in [-0.3, -0.25) is 4.79 Å². The molecule has 4 aliphatic rings. The van der Waals surface area contributed by atoms with E-state index >= 15 is 0 Å². The molecule has 12 nitrogen and oxygen atoms in total. The number of aliphatic carboxylic acids is 1. The number of rotatable bonds is 10. The van der Waals surface area contributed by atoms with Gasteiger partial charge in [0.1, 0.15) is 17.8 Å². The molecule has 5 N–H and O–H groups in total. The van der Waals surface area contributed by atoms with Crippen molar-refractivity contribution in [2.45, 2.75) is 74.3 Å². The van der Waals surface area contributed by atoms with E-state index in [0.717, 1.165) is 5.22 Å². The molecule has 0 unspecified atom stereocenters. The van der Waals surface area contributed by atoms with Crippen LogP contribution in [0.4, 0.5) is 0 Å². The maximum Gasteiger partial charge on any atom is 0.333 e. The molecule has 224 valence electrons. The smallest absolute Gasteiger partial charge is 0.333 e. The molecule has 1 saturated carbocycles. The lowest BCUT2D eigenvalue weighted by molar-refractivity contribution is -0.372. The lowest BCUT2D eigenvalue weighted by Gasteiger charge is -2.60. The third-order valence-corrected chi connectivity index (χ3v) is 8.86. The number of carbonyl (C=O) groups excluding carboxylic acids is 1. The summed E-state index contributed by atoms with van der Waals surface area (Å²) in [5, 5.41) is 54.6. The minimum atomic E-state index is -1.96. The van der Waals surface area contributed by atoms with E-state index in [1.165, 1.54) is 13.2 Å². The summed E-state index contributed by atoms with van der Waals surface area (Å²) in [5.74, 6) is -2.82. The maximum atomic E-state index is 12.4. The molecule has 1 spiro atoms. The highest BCUT2D eigenvalue weighted by atomic mass is 16.7. The third kappa shape index (κ3) is 4.62. The van der Waals surface area contributed by atoms with E-state index in [1.54, 1.807) is 18.3 Å². The minimum Gasteiger partial charge on any atom is -0.661 e. The second kappa shape index (κ2) is 11.3. The van der Waals surface area contributed by atoms with Crippen LogP contribution in [0.15, 0.2) is 36.6 Å². The fourth-order valence-corrected chi connectivity index (χ4v) is 6.92. The van der Waals surface area contributed by atoms with Crippen molar-refractivity contribution in [3.8, 4) is 0 Å². The largest absolute Gasteiger partial charge is 0.661 e. The zero-order chi connectivity index (χ0) is 29.5. The highest BCUT2D eigenvalue weighted by molar-refractivity contribution is 5.90. The van der Waals surface area contributed by atoms with Crippen LogP contribution in [-0.2, 0) is 28.5 Å². The normalized spacial score (nSPS) is 36.0. The van der Waals surface area contributed by atoms with Crippen LogP contribution in [0, 0.1) is 11.8 Å². The first kappa shape index (κ1) is 29.5. The Kier molecular flexibility index (Phi) is 8.16. The number of aromatic nitrogens is 1. The number of ether oxygens (including phenoxy) is 4. The van der Waals surface area contributed by atoms with E-state index in [0.29, 0.717) is 35.9 Å². The van der Waals surface area contributed by atoms with Gasteiger partial charge in [0.05, 0.1) is 32.0 Å². The number of carbonyl (C=O) groups is 2. The van der Waals surface area contributed by atoms with Crippen molar-refractivity contribution in [1.29, 1.82) is 0 Å². The average Bonchev–Trinajstić information content (AvgIpc) is 3.45. The Morgan fingerprint density at radius 2 is 2.10 bits per heavy atom. The number of carboxylic acids is 1. The summed E-state index contributed by atoms with van der Waals surface area (Å²) >= 11 is 0. The number of hydrogen-bond donors (Lipinski definition) is 5. The van der Waals surface area contributed by atoms with E-state index in [2.05, 4.69) is 11.6 Å². The molecule has 2 bridgehead atoms. The summed E-state index contributed by atoms with van der Waals surface area (Å²) in [7, 11) is 1.22. The molecule has 2 fully saturated rings. The topological polar surface area (TPSA) is 186 Å². The van der Waals surface area contributed by atoms with Crippen molar-refractivity contribution in [3.05, 3.63) is 47.1 Å². The van der Waals surface area contributed by atoms with Crippen molar-refractivity contribution in [2.75, 3.05) is 20.3 Å². The highest BCUT2D eigenvalue weighted by Gasteiger charge is 2.69. The van der Waals surface area contributed by atoms with E-state index in [-0.39, 0.29) is 31.4 Å². The van der Waals surface area contributed by atoms with Crippen LogP contribution in [0.3, 0.4) is 0 Å². The molecule has 1 aromatic heterocycles. The number of aliphatic hydroxyl groups excluding tert-OH is 3. The monoisotopic (exact) mass is 574 g/mol. The molecular formula is C29H36NO11-. The molecule has 0 amide bonds. The molecule has 2 aliphatic heterocycles. The van der Waals surface area contributed by atoms with Gasteiger partial charge in [-0.25, -0.2) is 4.79 Å². The Hall–Kier alpha value is -3.00. The van der Waals surface area contributed by atoms with E-state index in [1.807, 2.05) is 0 Å². The molecular weight excluding hydrogens is 538 g/mol. The van der Waals surface area contributed by atoms with Crippen molar-refractivity contribution in [2.24, 2.45) is 11.8 Å². The summed E-state index contributed by atoms with van der Waals surface area (Å²) in [6.07, 6.45) is 0.590. The number of aliphatic hydroxyl groups is 4. The van der Waals surface area contributed by atoms with E-state index in [4.69, 9.17) is 18.9 Å². The Morgan fingerprint density at radius 1 is 1.32 bits per heavy atom. The van der Waals surface area contributed by atoms with Gasteiger partial charge >= 0.3 is 11.9 Å². The standard InChI is InChI=1S/C29H36NO11/c1-3-15-18(13-23(33)34)16(25(35)38-2)6-7-20(15)39-27-28(37)10-8-19-17-9-11-30-24(17)21(5-4-12-31)41-29(19,26(28)36)22(14-32)40-27/h3,6,9,11,15,18,20,22,26-27,31-32,36-37H,1,4-5,7-8,10,12-14H2,2H3,(H,33,34)/q-1/t15-,18+,20-,22-,26-,27-,28-,29-/m1/s1. The van der Waals surface area contributed by atoms with E-state index < -0.39 is 66.2 Å². The number of fused-ring (bicyclic) bond motifs is 2. The van der Waals surface area contributed by atoms with Gasteiger partial charge in [0.2, 0.25) is 0 Å². The van der Waals surface area contributed by atoms with Gasteiger partial charge in [-0.1, -0.05) is 23.6 Å². The minimum absolute atomic E-state index is 0.0430. The van der Waals surface area contributed by atoms with Gasteiger partial charge in [0.25, 0.3) is 0 Å². The molecule has 3 heterocycles. The maximum absolute atomic E-state index is 12.4. The molecule has 41 heavy (non-hydrogen) atoms. The fourth-order valence-electron chi connectivity index (χ4n) is 6.92. The lowest BCUT2D eigenvalue weighted by Crippen LogP contribution is -2.78. The van der Waals surface area contributed by atoms with Crippen molar-refractivity contribution in [1.82, 2.24) is 4.98 Å². The Bertz CT molecular complexity index is 1350. The fraction of sp³-hybridized carbons (Fsp3) is 0.586. The summed E-state index contributed by atoms with van der Waals surface area (Å²) in [4.78, 5) is 28.5. The van der Waals surface area contributed by atoms with E-state index in [9.17, 15) is 35.1 Å². The Morgan fingerprint density at radius 3 is 2.76 bits per heavy atom.